The number of benzene rings is 2. The molecule has 2 aromatic carbocycles. The Kier molecular flexibility index (Phi) is 5.37. The minimum atomic E-state index is -0.987. The number of aromatic nitrogens is 2. The highest BCUT2D eigenvalue weighted by atomic mass is 35.5. The lowest BCUT2D eigenvalue weighted by Crippen LogP contribution is -2.02. The lowest BCUT2D eigenvalue weighted by atomic mass is 9.92. The molecule has 2 aromatic heterocycles. The second-order valence-corrected chi connectivity index (χ2v) is 8.06. The van der Waals surface area contributed by atoms with Crippen LogP contribution in [0.3, 0.4) is 0 Å². The van der Waals surface area contributed by atoms with Gasteiger partial charge in [-0.25, -0.2) is 9.78 Å². The van der Waals surface area contributed by atoms with Crippen LogP contribution < -0.4 is 0 Å². The van der Waals surface area contributed by atoms with Gasteiger partial charge in [0.25, 0.3) is 0 Å². The molecule has 144 valence electrons. The van der Waals surface area contributed by atoms with Gasteiger partial charge in [0.05, 0.1) is 21.3 Å². The first kappa shape index (κ1) is 19.6. The molecule has 0 saturated carbocycles. The number of halogens is 2. The van der Waals surface area contributed by atoms with Crippen LogP contribution in [0.15, 0.2) is 60.2 Å². The van der Waals surface area contributed by atoms with E-state index in [0.29, 0.717) is 15.6 Å². The van der Waals surface area contributed by atoms with Gasteiger partial charge in [0.15, 0.2) is 0 Å². The van der Waals surface area contributed by atoms with Crippen LogP contribution in [0.1, 0.15) is 15.9 Å². The van der Waals surface area contributed by atoms with Crippen LogP contribution in [-0.4, -0.2) is 21.0 Å². The van der Waals surface area contributed by atoms with Gasteiger partial charge in [0.2, 0.25) is 0 Å². The molecule has 1 N–H and O–H groups in total. The molecule has 0 aliphatic rings. The fraction of sp³-hybridized carbons (Fsp3) is 0.0455. The maximum absolute atomic E-state index is 11.9. The first-order valence-corrected chi connectivity index (χ1v) is 10.3. The van der Waals surface area contributed by atoms with E-state index in [-0.39, 0.29) is 5.56 Å². The number of hydrogen-bond acceptors (Lipinski definition) is 4. The Morgan fingerprint density at radius 1 is 1.07 bits per heavy atom. The maximum Gasteiger partial charge on any atom is 0.336 e. The van der Waals surface area contributed by atoms with Crippen molar-refractivity contribution in [3.05, 3.63) is 81.4 Å². The number of hydrogen-bond donors (Lipinski definition) is 1. The minimum absolute atomic E-state index is 0.225. The molecular weight excluding hydrogens is 427 g/mol. The zero-order valence-electron chi connectivity index (χ0n) is 15.2. The normalized spacial score (nSPS) is 10.9. The molecule has 0 radical (unpaired) electrons. The van der Waals surface area contributed by atoms with Crippen molar-refractivity contribution in [1.29, 1.82) is 0 Å². The monoisotopic (exact) mass is 440 g/mol. The second-order valence-electron chi connectivity index (χ2n) is 6.39. The Morgan fingerprint density at radius 2 is 1.90 bits per heavy atom. The summed E-state index contributed by atoms with van der Waals surface area (Å²) in [6.07, 6.45) is 3.38. The molecule has 0 spiro atoms. The molecule has 0 aliphatic carbocycles. The molecule has 0 unspecified atom stereocenters. The van der Waals surface area contributed by atoms with Crippen molar-refractivity contribution in [3.63, 3.8) is 0 Å². The van der Waals surface area contributed by atoms with Gasteiger partial charge < -0.3 is 5.11 Å². The summed E-state index contributed by atoms with van der Waals surface area (Å²) in [4.78, 5) is 20.8. The summed E-state index contributed by atoms with van der Waals surface area (Å²) < 4.78 is 0. The number of rotatable bonds is 4. The van der Waals surface area contributed by atoms with Gasteiger partial charge in [0.1, 0.15) is 5.01 Å². The van der Waals surface area contributed by atoms with Crippen LogP contribution in [0, 0.1) is 6.92 Å². The summed E-state index contributed by atoms with van der Waals surface area (Å²) in [7, 11) is 0. The molecule has 4 rings (SSSR count). The highest BCUT2D eigenvalue weighted by molar-refractivity contribution is 7.13. The van der Waals surface area contributed by atoms with Crippen LogP contribution in [0.25, 0.3) is 33.0 Å². The quantitative estimate of drug-likeness (QED) is 0.376. The second kappa shape index (κ2) is 7.95. The van der Waals surface area contributed by atoms with Gasteiger partial charge >= 0.3 is 5.97 Å². The van der Waals surface area contributed by atoms with Crippen molar-refractivity contribution in [2.24, 2.45) is 0 Å². The Balaban J connectivity index is 1.89. The zero-order chi connectivity index (χ0) is 20.5. The third kappa shape index (κ3) is 3.77. The molecule has 2 heterocycles. The van der Waals surface area contributed by atoms with Gasteiger partial charge in [-0.1, -0.05) is 41.4 Å². The van der Waals surface area contributed by atoms with Crippen LogP contribution in [0.4, 0.5) is 0 Å². The van der Waals surface area contributed by atoms with E-state index in [1.54, 1.807) is 36.7 Å². The number of carbonyl (C=O) groups is 1. The molecule has 4 nitrogen and oxygen atoms in total. The van der Waals surface area contributed by atoms with E-state index in [1.165, 1.54) is 11.3 Å². The molecule has 0 aliphatic heterocycles. The largest absolute Gasteiger partial charge is 0.478 e. The van der Waals surface area contributed by atoms with E-state index in [1.807, 2.05) is 30.5 Å². The number of carboxylic acids is 1. The van der Waals surface area contributed by atoms with Crippen LogP contribution in [0.2, 0.25) is 10.0 Å². The molecule has 0 atom stereocenters. The number of aryl methyl sites for hydroxylation is 1. The molecule has 4 aromatic rings. The first-order chi connectivity index (χ1) is 14.0. The molecule has 29 heavy (non-hydrogen) atoms. The lowest BCUT2D eigenvalue weighted by molar-refractivity contribution is 0.0698. The van der Waals surface area contributed by atoms with E-state index in [4.69, 9.17) is 28.2 Å². The summed E-state index contributed by atoms with van der Waals surface area (Å²) in [6, 6.07) is 12.4. The smallest absolute Gasteiger partial charge is 0.336 e. The number of nitrogens with zero attached hydrogens (tertiary/aromatic N) is 2. The highest BCUT2D eigenvalue weighted by Crippen LogP contribution is 2.39. The number of carboxylic acid groups (broad SMARTS) is 1. The fourth-order valence-corrected chi connectivity index (χ4v) is 4.30. The standard InChI is InChI=1S/C22H14Cl2N2O2S/c1-12-10-25-8-7-14(12)20-15(3-2-4-16(20)22(27)28)21-26-19(11-29-21)13-5-6-17(23)18(24)9-13/h2-11H,1H3,(H,27,28). The van der Waals surface area contributed by atoms with Gasteiger partial charge in [-0.05, 0) is 42.3 Å². The Bertz CT molecular complexity index is 1240. The maximum atomic E-state index is 11.9. The first-order valence-electron chi connectivity index (χ1n) is 8.64. The van der Waals surface area contributed by atoms with Crippen LogP contribution in [-0.2, 0) is 0 Å². The molecule has 0 bridgehead atoms. The summed E-state index contributed by atoms with van der Waals surface area (Å²) in [5.74, 6) is -0.987. The number of pyridine rings is 1. The topological polar surface area (TPSA) is 63.1 Å². The van der Waals surface area contributed by atoms with Gasteiger partial charge in [-0.2, -0.15) is 0 Å². The highest BCUT2D eigenvalue weighted by Gasteiger charge is 2.20. The van der Waals surface area contributed by atoms with E-state index < -0.39 is 5.97 Å². The molecule has 0 saturated heterocycles. The molecule has 0 fully saturated rings. The van der Waals surface area contributed by atoms with Crippen molar-refractivity contribution in [2.75, 3.05) is 0 Å². The number of aromatic carboxylic acids is 1. The van der Waals surface area contributed by atoms with E-state index in [2.05, 4.69) is 4.98 Å². The number of thiazole rings is 1. The van der Waals surface area contributed by atoms with Gasteiger partial charge in [-0.15, -0.1) is 11.3 Å². The Labute approximate surface area is 181 Å². The predicted octanol–water partition coefficient (Wildman–Crippen LogP) is 6.85. The SMILES string of the molecule is Cc1cnccc1-c1c(C(=O)O)cccc1-c1nc(-c2ccc(Cl)c(Cl)c2)cs1. The van der Waals surface area contributed by atoms with Crippen LogP contribution in [0.5, 0.6) is 0 Å². The zero-order valence-corrected chi connectivity index (χ0v) is 17.5. The Hall–Kier alpha value is -2.73. The predicted molar refractivity (Wildman–Crippen MR) is 118 cm³/mol. The van der Waals surface area contributed by atoms with Gasteiger partial charge in [0, 0.05) is 34.5 Å². The minimum Gasteiger partial charge on any atom is -0.478 e. The van der Waals surface area contributed by atoms with Crippen molar-refractivity contribution in [1.82, 2.24) is 9.97 Å². The van der Waals surface area contributed by atoms with E-state index in [9.17, 15) is 9.90 Å². The van der Waals surface area contributed by atoms with E-state index >= 15 is 0 Å². The summed E-state index contributed by atoms with van der Waals surface area (Å²) in [6.45, 7) is 1.91. The van der Waals surface area contributed by atoms with Gasteiger partial charge in [-0.3, -0.25) is 4.98 Å². The summed E-state index contributed by atoms with van der Waals surface area (Å²) in [5.41, 5.74) is 4.93. The Morgan fingerprint density at radius 3 is 2.62 bits per heavy atom. The third-order valence-corrected chi connectivity index (χ3v) is 6.15. The van der Waals surface area contributed by atoms with E-state index in [0.717, 1.165) is 33.0 Å². The average molecular weight is 441 g/mol. The molecule has 0 amide bonds. The summed E-state index contributed by atoms with van der Waals surface area (Å²) >= 11 is 13.6. The summed E-state index contributed by atoms with van der Waals surface area (Å²) in [5, 5.41) is 13.4. The average Bonchev–Trinajstić information content (AvgIpc) is 3.20. The van der Waals surface area contributed by atoms with Crippen molar-refractivity contribution in [3.8, 4) is 33.0 Å². The lowest BCUT2D eigenvalue weighted by Gasteiger charge is -2.13. The fourth-order valence-electron chi connectivity index (χ4n) is 3.14. The van der Waals surface area contributed by atoms with Crippen molar-refractivity contribution >= 4 is 40.5 Å². The van der Waals surface area contributed by atoms with Crippen molar-refractivity contribution in [2.45, 2.75) is 6.92 Å². The van der Waals surface area contributed by atoms with Crippen molar-refractivity contribution < 1.29 is 9.90 Å². The third-order valence-electron chi connectivity index (χ3n) is 4.53. The molecule has 7 heteroatoms. The van der Waals surface area contributed by atoms with Crippen LogP contribution >= 0.6 is 34.5 Å². The molecular formula is C22H14Cl2N2O2S.